The summed E-state index contributed by atoms with van der Waals surface area (Å²) in [5.41, 5.74) is 0.815. The second-order valence-electron chi connectivity index (χ2n) is 9.04. The lowest BCUT2D eigenvalue weighted by atomic mass is 9.90. The van der Waals surface area contributed by atoms with Gasteiger partial charge in [-0.05, 0) is 32.1 Å². The van der Waals surface area contributed by atoms with E-state index in [1.165, 1.54) is 0 Å². The molecule has 3 fully saturated rings. The van der Waals surface area contributed by atoms with Crippen molar-refractivity contribution in [1.82, 2.24) is 20.6 Å². The number of H-pyrrole nitrogens is 1. The number of ether oxygens (including phenoxy) is 1. The minimum Gasteiger partial charge on any atom is -0.392 e. The Morgan fingerprint density at radius 3 is 2.73 bits per heavy atom. The van der Waals surface area contributed by atoms with E-state index in [0.717, 1.165) is 24.4 Å². The number of aliphatic hydroxyl groups is 1. The molecule has 30 heavy (non-hydrogen) atoms. The number of aliphatic hydroxyl groups excluding tert-OH is 1. The van der Waals surface area contributed by atoms with Gasteiger partial charge in [0.05, 0.1) is 18.6 Å². The number of aromatic amines is 1. The second kappa shape index (κ2) is 8.88. The largest absolute Gasteiger partial charge is 0.392 e. The molecular weight excluding hydrogens is 394 g/mol. The minimum absolute atomic E-state index is 0.0366. The van der Waals surface area contributed by atoms with Crippen molar-refractivity contribution in [2.24, 2.45) is 5.92 Å². The van der Waals surface area contributed by atoms with Gasteiger partial charge in [-0.1, -0.05) is 0 Å². The van der Waals surface area contributed by atoms with E-state index in [-0.39, 0.29) is 36.8 Å². The number of hydrogen-bond donors (Lipinski definition) is 4. The molecule has 0 saturated heterocycles. The van der Waals surface area contributed by atoms with E-state index < -0.39 is 17.9 Å². The molecule has 1 aromatic rings. The number of alkyl halides is 2. The molecule has 0 aromatic carbocycles. The van der Waals surface area contributed by atoms with Crippen molar-refractivity contribution in [3.8, 4) is 0 Å². The highest BCUT2D eigenvalue weighted by atomic mass is 19.3. The topological polar surface area (TPSA) is 99.3 Å². The number of aromatic nitrogens is 2. The average molecular weight is 427 g/mol. The maximum absolute atomic E-state index is 13.6. The molecular formula is C21H32F2N4O3. The van der Waals surface area contributed by atoms with Gasteiger partial charge in [-0.25, -0.2) is 13.8 Å². The van der Waals surface area contributed by atoms with Crippen LogP contribution in [0.4, 0.5) is 8.78 Å². The smallest absolute Gasteiger partial charge is 0.248 e. The number of carbonyl (C=O) groups excluding carboxylic acids is 1. The van der Waals surface area contributed by atoms with Gasteiger partial charge < -0.3 is 25.5 Å². The Morgan fingerprint density at radius 1 is 1.33 bits per heavy atom. The highest BCUT2D eigenvalue weighted by Crippen LogP contribution is 2.43. The molecule has 3 aliphatic rings. The highest BCUT2D eigenvalue weighted by Gasteiger charge is 2.48. The maximum Gasteiger partial charge on any atom is 0.248 e. The first-order valence-electron chi connectivity index (χ1n) is 11.0. The quantitative estimate of drug-likeness (QED) is 0.477. The Labute approximate surface area is 175 Å². The Morgan fingerprint density at radius 2 is 2.07 bits per heavy atom. The molecule has 0 bridgehead atoms. The molecule has 0 aliphatic heterocycles. The van der Waals surface area contributed by atoms with E-state index >= 15 is 0 Å². The van der Waals surface area contributed by atoms with Gasteiger partial charge in [-0.2, -0.15) is 0 Å². The Bertz CT molecular complexity index is 730. The minimum atomic E-state index is -2.58. The number of methoxy groups -OCH3 is 1. The fraction of sp³-hybridized carbons (Fsp3) is 0.810. The first-order valence-corrected chi connectivity index (χ1v) is 11.0. The number of amides is 1. The summed E-state index contributed by atoms with van der Waals surface area (Å²) >= 11 is 0. The number of hydrogen-bond acceptors (Lipinski definition) is 5. The van der Waals surface area contributed by atoms with Gasteiger partial charge in [-0.15, -0.1) is 0 Å². The van der Waals surface area contributed by atoms with Crippen molar-refractivity contribution in [3.05, 3.63) is 17.7 Å². The standard InChI is InChI=1S/C21H32F2N4O3/c1-30-9-8-24-20(29)14-10-15(26-13-4-6-21(22,23)7-5-13)17(18(14)28)16-11-25-19(27-16)12-2-3-12/h11-15,17-18,26,28H,2-10H2,1H3,(H,24,29)(H,25,27)/t14-,15+,17+,18+/m0/s1. The van der Waals surface area contributed by atoms with Crippen LogP contribution in [0, 0.1) is 5.92 Å². The molecule has 3 saturated carbocycles. The fourth-order valence-electron chi connectivity index (χ4n) is 4.88. The highest BCUT2D eigenvalue weighted by molar-refractivity contribution is 5.80. The molecule has 0 spiro atoms. The van der Waals surface area contributed by atoms with Gasteiger partial charge in [0.2, 0.25) is 11.8 Å². The molecule has 4 atom stereocenters. The zero-order valence-corrected chi connectivity index (χ0v) is 17.4. The number of nitrogens with zero attached hydrogens (tertiary/aromatic N) is 1. The molecule has 7 nitrogen and oxygen atoms in total. The van der Waals surface area contributed by atoms with Crippen LogP contribution in [0.2, 0.25) is 0 Å². The van der Waals surface area contributed by atoms with Crippen molar-refractivity contribution in [1.29, 1.82) is 0 Å². The molecule has 4 rings (SSSR count). The number of carbonyl (C=O) groups is 1. The number of nitrogens with one attached hydrogen (secondary N) is 3. The van der Waals surface area contributed by atoms with E-state index in [9.17, 15) is 18.7 Å². The normalized spacial score (nSPS) is 31.7. The van der Waals surface area contributed by atoms with Gasteiger partial charge >= 0.3 is 0 Å². The van der Waals surface area contributed by atoms with Crippen molar-refractivity contribution in [2.75, 3.05) is 20.3 Å². The van der Waals surface area contributed by atoms with Crippen LogP contribution in [0.5, 0.6) is 0 Å². The van der Waals surface area contributed by atoms with Crippen LogP contribution in [0.15, 0.2) is 6.20 Å². The van der Waals surface area contributed by atoms with Crippen LogP contribution in [0.25, 0.3) is 0 Å². The Balaban J connectivity index is 1.47. The lowest BCUT2D eigenvalue weighted by Crippen LogP contribution is -2.44. The Hall–Kier alpha value is -1.58. The molecule has 1 amide bonds. The van der Waals surface area contributed by atoms with Gasteiger partial charge in [0.25, 0.3) is 0 Å². The van der Waals surface area contributed by atoms with Gasteiger partial charge in [0, 0.05) is 62.3 Å². The number of rotatable bonds is 8. The van der Waals surface area contributed by atoms with Crippen molar-refractivity contribution >= 4 is 5.91 Å². The summed E-state index contributed by atoms with van der Waals surface area (Å²) in [6.45, 7) is 0.788. The van der Waals surface area contributed by atoms with Crippen molar-refractivity contribution in [2.45, 2.75) is 80.9 Å². The van der Waals surface area contributed by atoms with Crippen molar-refractivity contribution in [3.63, 3.8) is 0 Å². The summed E-state index contributed by atoms with van der Waals surface area (Å²) < 4.78 is 32.1. The van der Waals surface area contributed by atoms with Crippen molar-refractivity contribution < 1.29 is 23.4 Å². The first-order chi connectivity index (χ1) is 14.4. The van der Waals surface area contributed by atoms with Crippen LogP contribution >= 0.6 is 0 Å². The summed E-state index contributed by atoms with van der Waals surface area (Å²) in [4.78, 5) is 20.5. The average Bonchev–Trinajstić information content (AvgIpc) is 3.36. The zero-order chi connectivity index (χ0) is 21.3. The molecule has 0 unspecified atom stereocenters. The zero-order valence-electron chi connectivity index (χ0n) is 17.4. The summed E-state index contributed by atoms with van der Waals surface area (Å²) in [7, 11) is 1.57. The monoisotopic (exact) mass is 426 g/mol. The van der Waals surface area contributed by atoms with E-state index in [0.29, 0.717) is 38.3 Å². The summed E-state index contributed by atoms with van der Waals surface area (Å²) in [6, 6.07) is -0.215. The lowest BCUT2D eigenvalue weighted by Gasteiger charge is -2.33. The van der Waals surface area contributed by atoms with Crippen LogP contribution in [-0.4, -0.2) is 65.4 Å². The lowest BCUT2D eigenvalue weighted by molar-refractivity contribution is -0.127. The van der Waals surface area contributed by atoms with Crippen LogP contribution in [0.1, 0.15) is 68.3 Å². The van der Waals surface area contributed by atoms with E-state index in [1.807, 2.05) is 0 Å². The summed E-state index contributed by atoms with van der Waals surface area (Å²) in [6.07, 6.45) is 4.11. The molecule has 1 aromatic heterocycles. The fourth-order valence-corrected chi connectivity index (χ4v) is 4.88. The molecule has 0 radical (unpaired) electrons. The van der Waals surface area contributed by atoms with Crippen LogP contribution in [0.3, 0.4) is 0 Å². The van der Waals surface area contributed by atoms with E-state index in [1.54, 1.807) is 13.3 Å². The SMILES string of the molecule is COCCNC(=O)[C@H]1C[C@@H](NC2CCC(F)(F)CC2)[C@H](c2cnc(C3CC3)[nH]2)[C@@H]1O. The van der Waals surface area contributed by atoms with Gasteiger partial charge in [-0.3, -0.25) is 4.79 Å². The first kappa shape index (κ1) is 21.6. The van der Waals surface area contributed by atoms with E-state index in [2.05, 4.69) is 20.6 Å². The third kappa shape index (κ3) is 4.84. The third-order valence-corrected chi connectivity index (χ3v) is 6.77. The maximum atomic E-state index is 13.6. The molecule has 9 heteroatoms. The molecule has 168 valence electrons. The predicted octanol–water partition coefficient (Wildman–Crippen LogP) is 2.05. The van der Waals surface area contributed by atoms with Crippen LogP contribution in [-0.2, 0) is 9.53 Å². The molecule has 1 heterocycles. The predicted molar refractivity (Wildman–Crippen MR) is 106 cm³/mol. The number of halogens is 2. The number of imidazole rings is 1. The van der Waals surface area contributed by atoms with Gasteiger partial charge in [0.1, 0.15) is 5.82 Å². The summed E-state index contributed by atoms with van der Waals surface area (Å²) in [5, 5.41) is 17.4. The van der Waals surface area contributed by atoms with E-state index in [4.69, 9.17) is 4.74 Å². The van der Waals surface area contributed by atoms with Crippen LogP contribution < -0.4 is 10.6 Å². The second-order valence-corrected chi connectivity index (χ2v) is 9.04. The molecule has 3 aliphatic carbocycles. The van der Waals surface area contributed by atoms with Gasteiger partial charge in [0.15, 0.2) is 0 Å². The summed E-state index contributed by atoms with van der Waals surface area (Å²) in [5.74, 6) is -2.30. The molecule has 4 N–H and O–H groups in total. The third-order valence-electron chi connectivity index (χ3n) is 6.77. The Kier molecular flexibility index (Phi) is 6.41.